The second-order valence-corrected chi connectivity index (χ2v) is 2.02. The number of ether oxygens (including phenoxy) is 1. The minimum Gasteiger partial charge on any atom is -0.498 e. The maximum atomic E-state index is 11.8. The first-order chi connectivity index (χ1) is 6.34. The molecule has 0 atom stereocenters. The number of carbonyl (C=O) groups is 1. The van der Waals surface area contributed by atoms with Gasteiger partial charge in [-0.1, -0.05) is 0 Å². The highest BCUT2D eigenvalue weighted by molar-refractivity contribution is 5.90. The van der Waals surface area contributed by atoms with Crippen LogP contribution in [0.1, 0.15) is 6.92 Å². The predicted molar refractivity (Wildman–Crippen MR) is 37.4 cm³/mol. The number of aliphatic hydroxyl groups excluding tert-OH is 1. The van der Waals surface area contributed by atoms with E-state index in [1.54, 1.807) is 0 Å². The van der Waals surface area contributed by atoms with Crippen molar-refractivity contribution in [3.8, 4) is 0 Å². The van der Waals surface area contributed by atoms with E-state index in [9.17, 15) is 18.0 Å². The number of hydrogen-bond acceptors (Lipinski definition) is 4. The molecule has 0 fully saturated rings. The molecule has 5 nitrogen and oxygen atoms in total. The highest BCUT2D eigenvalue weighted by atomic mass is 19.4. The minimum absolute atomic E-state index is 0.205. The molecule has 0 aliphatic rings. The van der Waals surface area contributed by atoms with E-state index in [0.29, 0.717) is 0 Å². The number of hydrogen-bond donors (Lipinski definition) is 1. The van der Waals surface area contributed by atoms with Gasteiger partial charge in [-0.2, -0.15) is 13.2 Å². The van der Waals surface area contributed by atoms with E-state index in [1.165, 1.54) is 6.92 Å². The van der Waals surface area contributed by atoms with Crippen molar-refractivity contribution in [3.63, 3.8) is 0 Å². The van der Waals surface area contributed by atoms with Gasteiger partial charge in [0.25, 0.3) is 0 Å². The zero-order valence-electron chi connectivity index (χ0n) is 7.00. The van der Waals surface area contributed by atoms with Gasteiger partial charge in [-0.05, 0) is 6.92 Å². The van der Waals surface area contributed by atoms with Gasteiger partial charge in [0.1, 0.15) is 0 Å². The van der Waals surface area contributed by atoms with Gasteiger partial charge < -0.3 is 9.84 Å². The standard InChI is InChI=1S/C6H5F3N2O3/c1-2-14-5(13)3(11-10)4(12)6(7,8)9/h2H2,1H3/p+1. The summed E-state index contributed by atoms with van der Waals surface area (Å²) >= 11 is 0. The molecular formula is C6H6F3N2O3+. The van der Waals surface area contributed by atoms with Crippen molar-refractivity contribution in [2.75, 3.05) is 6.61 Å². The monoisotopic (exact) mass is 211 g/mol. The predicted octanol–water partition coefficient (Wildman–Crippen LogP) is 1.73. The number of alkyl halides is 3. The van der Waals surface area contributed by atoms with Crippen LogP contribution in [-0.4, -0.2) is 23.9 Å². The van der Waals surface area contributed by atoms with Crippen LogP contribution in [0.15, 0.2) is 11.5 Å². The molecule has 1 N–H and O–H groups in total. The molecule has 0 amide bonds. The Morgan fingerprint density at radius 3 is 2.36 bits per heavy atom. The van der Waals surface area contributed by atoms with Crippen LogP contribution < -0.4 is 0 Å². The Morgan fingerprint density at radius 1 is 1.57 bits per heavy atom. The Bertz CT molecular complexity index is 302. The lowest BCUT2D eigenvalue weighted by molar-refractivity contribution is -0.142. The zero-order chi connectivity index (χ0) is 11.4. The number of diazo groups is 1. The lowest BCUT2D eigenvalue weighted by Gasteiger charge is -2.01. The molecule has 0 aliphatic carbocycles. The third kappa shape index (κ3) is 2.93. The summed E-state index contributed by atoms with van der Waals surface area (Å²) in [6, 6.07) is 0. The van der Waals surface area contributed by atoms with Gasteiger partial charge in [-0.3, -0.25) is 0 Å². The Morgan fingerprint density at radius 2 is 2.07 bits per heavy atom. The summed E-state index contributed by atoms with van der Waals surface area (Å²) in [5.74, 6) is -3.84. The van der Waals surface area contributed by atoms with E-state index in [4.69, 9.17) is 10.5 Å². The summed E-state index contributed by atoms with van der Waals surface area (Å²) in [6.07, 6.45) is -5.16. The number of halogens is 3. The zero-order valence-corrected chi connectivity index (χ0v) is 7.00. The summed E-state index contributed by atoms with van der Waals surface area (Å²) in [4.78, 5) is 12.7. The second kappa shape index (κ2) is 4.45. The molecular weight excluding hydrogens is 205 g/mol. The fourth-order valence-corrected chi connectivity index (χ4v) is 0.519. The fraction of sp³-hybridized carbons (Fsp3) is 0.500. The summed E-state index contributed by atoms with van der Waals surface area (Å²) in [6.45, 7) is 1.14. The third-order valence-electron chi connectivity index (χ3n) is 1.06. The number of allylic oxidation sites excluding steroid dienone is 1. The maximum absolute atomic E-state index is 11.8. The Hall–Kier alpha value is -1.78. The molecule has 0 aromatic carbocycles. The second-order valence-electron chi connectivity index (χ2n) is 2.02. The van der Waals surface area contributed by atoms with Crippen LogP contribution in [0.3, 0.4) is 0 Å². The lowest BCUT2D eigenvalue weighted by atomic mass is 10.3. The SMILES string of the molecule is CCOC(=O)/C([N+]#N)=C(\O)C(F)(F)F. The first-order valence-electron chi connectivity index (χ1n) is 3.37. The van der Waals surface area contributed by atoms with Crippen molar-refractivity contribution in [3.05, 3.63) is 16.4 Å². The highest BCUT2D eigenvalue weighted by Gasteiger charge is 2.46. The lowest BCUT2D eigenvalue weighted by Crippen LogP contribution is -2.18. The topological polar surface area (TPSA) is 74.7 Å². The molecule has 78 valence electrons. The average Bonchev–Trinajstić information content (AvgIpc) is 2.04. The summed E-state index contributed by atoms with van der Waals surface area (Å²) in [5.41, 5.74) is -1.57. The fourth-order valence-electron chi connectivity index (χ4n) is 0.519. The van der Waals surface area contributed by atoms with Crippen LogP contribution in [0, 0.1) is 5.39 Å². The molecule has 0 saturated carbocycles. The molecule has 0 unspecified atom stereocenters. The van der Waals surface area contributed by atoms with Gasteiger partial charge >= 0.3 is 23.6 Å². The molecule has 0 bridgehead atoms. The third-order valence-corrected chi connectivity index (χ3v) is 1.06. The first-order valence-corrected chi connectivity index (χ1v) is 3.37. The average molecular weight is 211 g/mol. The molecule has 14 heavy (non-hydrogen) atoms. The van der Waals surface area contributed by atoms with E-state index in [-0.39, 0.29) is 6.61 Å². The normalized spacial score (nSPS) is 12.8. The van der Waals surface area contributed by atoms with Crippen LogP contribution in [0.2, 0.25) is 0 Å². The Labute approximate surface area is 76.4 Å². The van der Waals surface area contributed by atoms with Crippen LogP contribution in [0.4, 0.5) is 13.2 Å². The van der Waals surface area contributed by atoms with Gasteiger partial charge in [0, 0.05) is 0 Å². The van der Waals surface area contributed by atoms with E-state index in [1.807, 2.05) is 4.98 Å². The van der Waals surface area contributed by atoms with Crippen LogP contribution in [0.25, 0.3) is 4.98 Å². The quantitative estimate of drug-likeness (QED) is 0.326. The maximum Gasteiger partial charge on any atom is 0.514 e. The van der Waals surface area contributed by atoms with Crippen molar-refractivity contribution in [1.29, 1.82) is 5.39 Å². The molecule has 0 aliphatic heterocycles. The van der Waals surface area contributed by atoms with Gasteiger partial charge in [0.15, 0.2) is 4.98 Å². The molecule has 0 spiro atoms. The van der Waals surface area contributed by atoms with E-state index < -0.39 is 23.6 Å². The molecule has 0 rings (SSSR count). The molecule has 0 radical (unpaired) electrons. The van der Waals surface area contributed by atoms with E-state index in [0.717, 1.165) is 0 Å². The molecule has 0 heterocycles. The van der Waals surface area contributed by atoms with Crippen molar-refractivity contribution in [2.45, 2.75) is 13.1 Å². The summed E-state index contributed by atoms with van der Waals surface area (Å²) in [7, 11) is 0. The van der Waals surface area contributed by atoms with Gasteiger partial charge in [0.05, 0.1) is 6.61 Å². The van der Waals surface area contributed by atoms with Crippen molar-refractivity contribution in [2.24, 2.45) is 0 Å². The van der Waals surface area contributed by atoms with Crippen molar-refractivity contribution >= 4 is 5.97 Å². The number of aliphatic hydroxyl groups is 1. The van der Waals surface area contributed by atoms with Crippen molar-refractivity contribution in [1.82, 2.24) is 0 Å². The molecule has 8 heteroatoms. The number of carbonyl (C=O) groups excluding carboxylic acids is 1. The molecule has 0 saturated heterocycles. The summed E-state index contributed by atoms with van der Waals surface area (Å²) < 4.78 is 39.5. The van der Waals surface area contributed by atoms with Crippen LogP contribution >= 0.6 is 0 Å². The van der Waals surface area contributed by atoms with Gasteiger partial charge in [-0.15, -0.1) is 0 Å². The van der Waals surface area contributed by atoms with E-state index in [2.05, 4.69) is 4.74 Å². The molecule has 0 aromatic heterocycles. The first kappa shape index (κ1) is 12.2. The Balaban J connectivity index is 5.08. The number of nitrogens with zero attached hydrogens (tertiary/aromatic N) is 2. The van der Waals surface area contributed by atoms with Crippen LogP contribution in [-0.2, 0) is 9.53 Å². The Kier molecular flexibility index (Phi) is 3.89. The minimum atomic E-state index is -5.16. The number of rotatable bonds is 2. The van der Waals surface area contributed by atoms with Crippen molar-refractivity contribution < 1.29 is 27.8 Å². The van der Waals surface area contributed by atoms with Gasteiger partial charge in [0.2, 0.25) is 5.39 Å². The highest BCUT2D eigenvalue weighted by Crippen LogP contribution is 2.26. The smallest absolute Gasteiger partial charge is 0.498 e. The van der Waals surface area contributed by atoms with Gasteiger partial charge in [-0.25, -0.2) is 4.79 Å². The van der Waals surface area contributed by atoms with Crippen LogP contribution in [0.5, 0.6) is 0 Å². The van der Waals surface area contributed by atoms with E-state index >= 15 is 0 Å². The largest absolute Gasteiger partial charge is 0.514 e. The molecule has 0 aromatic rings. The number of esters is 1. The summed E-state index contributed by atoms with van der Waals surface area (Å²) in [5, 5.41) is 16.5.